The van der Waals surface area contributed by atoms with Crippen LogP contribution in [0.3, 0.4) is 0 Å². The summed E-state index contributed by atoms with van der Waals surface area (Å²) < 4.78 is 9.57. The lowest BCUT2D eigenvalue weighted by Gasteiger charge is -2.09. The van der Waals surface area contributed by atoms with Crippen molar-refractivity contribution >= 4 is 17.8 Å². The van der Waals surface area contributed by atoms with Crippen LogP contribution in [0.5, 0.6) is 5.75 Å². The molecule has 0 saturated heterocycles. The molecule has 0 radical (unpaired) electrons. The van der Waals surface area contributed by atoms with E-state index in [-0.39, 0.29) is 0 Å². The first-order chi connectivity index (χ1) is 8.70. The van der Waals surface area contributed by atoms with Gasteiger partial charge in [0.15, 0.2) is 0 Å². The Bertz CT molecular complexity index is 549. The van der Waals surface area contributed by atoms with Crippen molar-refractivity contribution in [2.24, 2.45) is 0 Å². The molecule has 0 amide bonds. The maximum absolute atomic E-state index is 11.2. The summed E-state index contributed by atoms with van der Waals surface area (Å²) in [6.45, 7) is 0. The van der Waals surface area contributed by atoms with Gasteiger partial charge in [-0.25, -0.2) is 4.79 Å². The SMILES string of the molecule is COC(=O)Oc1ccccc1-c1ccc(Cl)cc1. The van der Waals surface area contributed by atoms with Gasteiger partial charge in [0, 0.05) is 10.6 Å². The van der Waals surface area contributed by atoms with Gasteiger partial charge in [-0.3, -0.25) is 0 Å². The molecule has 2 rings (SSSR count). The minimum Gasteiger partial charge on any atom is -0.437 e. The van der Waals surface area contributed by atoms with E-state index in [1.54, 1.807) is 24.3 Å². The summed E-state index contributed by atoms with van der Waals surface area (Å²) in [6, 6.07) is 14.5. The van der Waals surface area contributed by atoms with Crippen LogP contribution in [0.15, 0.2) is 48.5 Å². The van der Waals surface area contributed by atoms with Crippen molar-refractivity contribution in [3.63, 3.8) is 0 Å². The fourth-order valence-corrected chi connectivity index (χ4v) is 1.68. The molecule has 2 aromatic rings. The summed E-state index contributed by atoms with van der Waals surface area (Å²) in [6.07, 6.45) is -0.739. The highest BCUT2D eigenvalue weighted by Crippen LogP contribution is 2.30. The number of benzene rings is 2. The first-order valence-corrected chi connectivity index (χ1v) is 5.69. The minimum absolute atomic E-state index is 0.451. The van der Waals surface area contributed by atoms with Gasteiger partial charge < -0.3 is 9.47 Å². The van der Waals surface area contributed by atoms with Crippen molar-refractivity contribution in [2.75, 3.05) is 7.11 Å². The number of carbonyl (C=O) groups excluding carboxylic acids is 1. The maximum atomic E-state index is 11.2. The van der Waals surface area contributed by atoms with Gasteiger partial charge in [-0.1, -0.05) is 41.9 Å². The number of hydrogen-bond acceptors (Lipinski definition) is 3. The van der Waals surface area contributed by atoms with Gasteiger partial charge in [-0.15, -0.1) is 0 Å². The van der Waals surface area contributed by atoms with Crippen LogP contribution in [0.4, 0.5) is 4.79 Å². The number of hydrogen-bond donors (Lipinski definition) is 0. The van der Waals surface area contributed by atoms with Crippen molar-refractivity contribution in [3.05, 3.63) is 53.6 Å². The molecule has 4 heteroatoms. The third-order valence-corrected chi connectivity index (χ3v) is 2.65. The molecule has 0 bridgehead atoms. The van der Waals surface area contributed by atoms with E-state index in [1.807, 2.05) is 24.3 Å². The van der Waals surface area contributed by atoms with Crippen LogP contribution < -0.4 is 4.74 Å². The van der Waals surface area contributed by atoms with E-state index in [1.165, 1.54) is 7.11 Å². The third kappa shape index (κ3) is 2.81. The minimum atomic E-state index is -0.739. The quantitative estimate of drug-likeness (QED) is 0.602. The molecule has 0 aliphatic rings. The molecule has 0 unspecified atom stereocenters. The fraction of sp³-hybridized carbons (Fsp3) is 0.0714. The fourth-order valence-electron chi connectivity index (χ4n) is 1.56. The maximum Gasteiger partial charge on any atom is 0.513 e. The summed E-state index contributed by atoms with van der Waals surface area (Å²) in [5, 5.41) is 0.658. The molecule has 92 valence electrons. The van der Waals surface area contributed by atoms with Gasteiger partial charge in [0.1, 0.15) is 5.75 Å². The highest BCUT2D eigenvalue weighted by molar-refractivity contribution is 6.30. The Morgan fingerprint density at radius 2 is 1.72 bits per heavy atom. The summed E-state index contributed by atoms with van der Waals surface area (Å²) in [7, 11) is 1.27. The second-order valence-corrected chi connectivity index (χ2v) is 4.00. The molecule has 0 spiro atoms. The molecule has 0 atom stereocenters. The largest absolute Gasteiger partial charge is 0.513 e. The molecule has 0 saturated carbocycles. The Morgan fingerprint density at radius 1 is 1.06 bits per heavy atom. The van der Waals surface area contributed by atoms with E-state index in [2.05, 4.69) is 4.74 Å². The molecule has 0 heterocycles. The van der Waals surface area contributed by atoms with Gasteiger partial charge in [0.2, 0.25) is 0 Å². The highest BCUT2D eigenvalue weighted by Gasteiger charge is 2.10. The Morgan fingerprint density at radius 3 is 2.39 bits per heavy atom. The zero-order valence-electron chi connectivity index (χ0n) is 9.72. The lowest BCUT2D eigenvalue weighted by atomic mass is 10.1. The number of halogens is 1. The van der Waals surface area contributed by atoms with E-state index in [0.717, 1.165) is 11.1 Å². The monoisotopic (exact) mass is 262 g/mol. The molecule has 0 aromatic heterocycles. The zero-order chi connectivity index (χ0) is 13.0. The number of para-hydroxylation sites is 1. The molecule has 2 aromatic carbocycles. The van der Waals surface area contributed by atoms with Crippen LogP contribution in [-0.2, 0) is 4.74 Å². The van der Waals surface area contributed by atoms with Gasteiger partial charge >= 0.3 is 6.16 Å². The Labute approximate surface area is 110 Å². The Balaban J connectivity index is 2.38. The van der Waals surface area contributed by atoms with E-state index in [4.69, 9.17) is 16.3 Å². The molecule has 18 heavy (non-hydrogen) atoms. The van der Waals surface area contributed by atoms with Gasteiger partial charge in [0.05, 0.1) is 7.11 Å². The molecule has 0 fully saturated rings. The van der Waals surface area contributed by atoms with Crippen molar-refractivity contribution in [1.29, 1.82) is 0 Å². The van der Waals surface area contributed by atoms with Gasteiger partial charge in [-0.05, 0) is 23.8 Å². The average molecular weight is 263 g/mol. The van der Waals surface area contributed by atoms with E-state index in [0.29, 0.717) is 10.8 Å². The zero-order valence-corrected chi connectivity index (χ0v) is 10.5. The lowest BCUT2D eigenvalue weighted by molar-refractivity contribution is 0.121. The van der Waals surface area contributed by atoms with Crippen LogP contribution >= 0.6 is 11.6 Å². The highest BCUT2D eigenvalue weighted by atomic mass is 35.5. The second-order valence-electron chi connectivity index (χ2n) is 3.56. The predicted molar refractivity (Wildman–Crippen MR) is 69.9 cm³/mol. The van der Waals surface area contributed by atoms with Crippen LogP contribution in [0.1, 0.15) is 0 Å². The predicted octanol–water partition coefficient (Wildman–Crippen LogP) is 4.15. The number of ether oxygens (including phenoxy) is 2. The van der Waals surface area contributed by atoms with Gasteiger partial charge in [-0.2, -0.15) is 0 Å². The van der Waals surface area contributed by atoms with Crippen LogP contribution in [0.2, 0.25) is 5.02 Å². The summed E-state index contributed by atoms with van der Waals surface area (Å²) in [4.78, 5) is 11.2. The van der Waals surface area contributed by atoms with E-state index >= 15 is 0 Å². The van der Waals surface area contributed by atoms with E-state index in [9.17, 15) is 4.79 Å². The molecular weight excluding hydrogens is 252 g/mol. The Hall–Kier alpha value is -2.00. The van der Waals surface area contributed by atoms with Crippen LogP contribution in [-0.4, -0.2) is 13.3 Å². The normalized spacial score (nSPS) is 9.89. The number of methoxy groups -OCH3 is 1. The van der Waals surface area contributed by atoms with Crippen molar-refractivity contribution in [3.8, 4) is 16.9 Å². The molecule has 3 nitrogen and oxygen atoms in total. The Kier molecular flexibility index (Phi) is 3.85. The van der Waals surface area contributed by atoms with Crippen LogP contribution in [0, 0.1) is 0 Å². The van der Waals surface area contributed by atoms with E-state index < -0.39 is 6.16 Å². The average Bonchev–Trinajstić information content (AvgIpc) is 2.40. The summed E-state index contributed by atoms with van der Waals surface area (Å²) in [5.41, 5.74) is 1.72. The first kappa shape index (κ1) is 12.5. The molecular formula is C14H11ClO3. The summed E-state index contributed by atoms with van der Waals surface area (Å²) >= 11 is 5.84. The van der Waals surface area contributed by atoms with Gasteiger partial charge in [0.25, 0.3) is 0 Å². The molecule has 0 aliphatic heterocycles. The summed E-state index contributed by atoms with van der Waals surface area (Å²) in [5.74, 6) is 0.451. The van der Waals surface area contributed by atoms with Crippen LogP contribution in [0.25, 0.3) is 11.1 Å². The smallest absolute Gasteiger partial charge is 0.437 e. The first-order valence-electron chi connectivity index (χ1n) is 5.31. The number of rotatable bonds is 2. The number of carbonyl (C=O) groups is 1. The lowest BCUT2D eigenvalue weighted by Crippen LogP contribution is -2.07. The third-order valence-electron chi connectivity index (χ3n) is 2.40. The van der Waals surface area contributed by atoms with Crippen molar-refractivity contribution in [2.45, 2.75) is 0 Å². The standard InChI is InChI=1S/C14H11ClO3/c1-17-14(16)18-13-5-3-2-4-12(13)10-6-8-11(15)9-7-10/h2-9H,1H3. The van der Waals surface area contributed by atoms with Crippen molar-refractivity contribution in [1.82, 2.24) is 0 Å². The van der Waals surface area contributed by atoms with Crippen molar-refractivity contribution < 1.29 is 14.3 Å². The molecule has 0 N–H and O–H groups in total. The topological polar surface area (TPSA) is 35.5 Å². The molecule has 0 aliphatic carbocycles. The second kappa shape index (κ2) is 5.56.